The fourth-order valence-corrected chi connectivity index (χ4v) is 35.3. The Bertz CT molecular complexity index is 5630. The summed E-state index contributed by atoms with van der Waals surface area (Å²) in [5, 5.41) is 30.9. The molecule has 22 atom stereocenters. The Kier molecular flexibility index (Phi) is 3.21. The zero-order valence-corrected chi connectivity index (χ0v) is 42.5. The van der Waals surface area contributed by atoms with E-state index in [2.05, 4.69) is 96.1 Å². The molecular formula is C74H40S. The number of hydrogen-bond acceptors (Lipinski definition) is 1. The Morgan fingerprint density at radius 1 is 0.320 bits per heavy atom. The summed E-state index contributed by atoms with van der Waals surface area (Å²) in [4.78, 5) is 1.78. The monoisotopic (exact) mass is 960 g/mol. The summed E-state index contributed by atoms with van der Waals surface area (Å²) in [5.74, 6) is 14.6. The molecule has 1 aliphatic heterocycles. The van der Waals surface area contributed by atoms with Crippen molar-refractivity contribution in [1.82, 2.24) is 0 Å². The van der Waals surface area contributed by atoms with E-state index in [0.717, 1.165) is 0 Å². The molecule has 34 rings (SSSR count). The van der Waals surface area contributed by atoms with Gasteiger partial charge in [-0.1, -0.05) is 33.8 Å². The maximum Gasteiger partial charge on any atom is 0.0645 e. The number of thioether (sulfide) groups is 1. The van der Waals surface area contributed by atoms with Crippen LogP contribution in [-0.2, 0) is 23.0 Å². The third-order valence-corrected chi connectivity index (χ3v) is 33.5. The van der Waals surface area contributed by atoms with E-state index in [4.69, 9.17) is 0 Å². The topological polar surface area (TPSA) is 0 Å². The molecule has 1 saturated carbocycles. The molecule has 1 heteroatoms. The second-order valence-corrected chi connectivity index (χ2v) is 33.7. The Morgan fingerprint density at radius 3 is 1.04 bits per heavy atom. The van der Waals surface area contributed by atoms with Crippen molar-refractivity contribution in [3.05, 3.63) is 140 Å². The molecule has 0 nitrogen and oxygen atoms in total. The zero-order chi connectivity index (χ0) is 45.5. The first kappa shape index (κ1) is 31.8. The molecule has 11 aromatic rings. The Hall–Kier alpha value is -5.37. The first-order valence-corrected chi connectivity index (χ1v) is 31.9. The first-order valence-electron chi connectivity index (χ1n) is 31.1. The summed E-state index contributed by atoms with van der Waals surface area (Å²) in [6.45, 7) is 10.1. The molecule has 342 valence electrons. The smallest absolute Gasteiger partial charge is 0.0645 e. The van der Waals surface area contributed by atoms with Crippen LogP contribution in [0.2, 0.25) is 0 Å². The van der Waals surface area contributed by atoms with E-state index >= 15 is 0 Å². The average Bonchev–Trinajstić information content (AvgIpc) is 4.33. The third kappa shape index (κ3) is 1.88. The van der Waals surface area contributed by atoms with Crippen molar-refractivity contribution < 1.29 is 0 Å². The molecule has 22 unspecified atom stereocenters. The quantitative estimate of drug-likeness (QED) is 0.158. The molecule has 0 N–H and O–H groups in total. The molecule has 22 aliphatic carbocycles. The molecule has 0 bridgehead atoms. The molecule has 2 spiro atoms. The van der Waals surface area contributed by atoms with Crippen LogP contribution in [0.1, 0.15) is 262 Å². The normalized spacial score (nSPS) is 45.7. The highest BCUT2D eigenvalue weighted by molar-refractivity contribution is 8.00. The maximum atomic E-state index is 3.08. The van der Waals surface area contributed by atoms with Gasteiger partial charge in [-0.15, -0.1) is 11.8 Å². The van der Waals surface area contributed by atoms with Gasteiger partial charge in [-0.25, -0.2) is 0 Å². The summed E-state index contributed by atoms with van der Waals surface area (Å²) >= 11 is 2.63. The molecule has 1 heterocycles. The fourth-order valence-electron chi connectivity index (χ4n) is 33.2. The van der Waals surface area contributed by atoms with E-state index in [0.29, 0.717) is 130 Å². The standard InChI is InChI=1S/C74H40S/c1-9(2)5-11-7-13-14(8-12(11)6-10(3)4)75-74-71-65-59-49-37-29-21-17-15-16-19-23(21)31(37)41-35-27(19)28-20(16)24-22-18(15)26-25(17)33-39(29)47-53-43(33)44-34(26)40-30(22)38-32(24)42-36(28)46-45(35)57(51(41)59)67(71)68-58(46)52(42)60-50(38)56-48(40)54(44)62-61(53)69(63(65)55(47)49)73(13,74)70(62)64(56)66(60)72(68)74/h7-10,17,19,21,23,25,27,33,35,43-46,54,58,62,64,66,68,70,72H,5-6H2,1-4H3. The first-order chi connectivity index (χ1) is 37.0. The van der Waals surface area contributed by atoms with Gasteiger partial charge in [-0.3, -0.25) is 0 Å². The Labute approximate surface area is 432 Å². The SMILES string of the molecule is CC(C)Cc1cc2c(cc1CC(C)C)C13c4c5c6c7c8c9c%10c%11c%12c%13c%14c%15c(c%16c%13c%10c7c4-%16)C1(S2)C1C%15C2c4c7c%10c%13c%15c%16c%17c%18c%19c%20c%21c%22c%23c(c4c4c%22c%19c%16c%104)C2C%14C%12C%23C%21C%11C9C%20C%18C8C6C%17C%15C5C3C%13C71. The van der Waals surface area contributed by atoms with Crippen LogP contribution in [-0.4, -0.2) is 0 Å². The largest absolute Gasteiger partial charge is 0.112 e. The maximum absolute atomic E-state index is 3.08. The predicted molar refractivity (Wildman–Crippen MR) is 294 cm³/mol. The van der Waals surface area contributed by atoms with E-state index < -0.39 is 0 Å². The van der Waals surface area contributed by atoms with Crippen molar-refractivity contribution in [2.45, 2.75) is 162 Å². The zero-order valence-electron chi connectivity index (χ0n) is 41.7. The molecule has 75 heavy (non-hydrogen) atoms. The van der Waals surface area contributed by atoms with Crippen LogP contribution in [0.15, 0.2) is 17.0 Å². The second-order valence-electron chi connectivity index (χ2n) is 32.4. The van der Waals surface area contributed by atoms with Gasteiger partial charge in [0.25, 0.3) is 0 Å². The molecule has 0 saturated heterocycles. The minimum Gasteiger partial charge on any atom is -0.112 e. The number of rotatable bonds is 4. The van der Waals surface area contributed by atoms with E-state index in [9.17, 15) is 0 Å². The van der Waals surface area contributed by atoms with Crippen molar-refractivity contribution in [2.75, 3.05) is 0 Å². The molecule has 11 aromatic carbocycles. The van der Waals surface area contributed by atoms with Gasteiger partial charge in [-0.2, -0.15) is 0 Å². The fraction of sp³-hybridized carbons (Fsp3) is 0.405. The van der Waals surface area contributed by atoms with Crippen molar-refractivity contribution in [3.8, 4) is 11.1 Å². The Morgan fingerprint density at radius 2 is 0.613 bits per heavy atom. The van der Waals surface area contributed by atoms with E-state index in [1.165, 1.54) is 12.8 Å². The highest BCUT2D eigenvalue weighted by Crippen LogP contribution is 3.01. The number of fused-ring (bicyclic) bond motifs is 1. The van der Waals surface area contributed by atoms with Crippen LogP contribution >= 0.6 is 11.8 Å². The van der Waals surface area contributed by atoms with E-state index in [-0.39, 0.29) is 10.2 Å². The van der Waals surface area contributed by atoms with Gasteiger partial charge < -0.3 is 0 Å². The minimum absolute atomic E-state index is 0.0165. The van der Waals surface area contributed by atoms with Gasteiger partial charge in [0.15, 0.2) is 0 Å². The second kappa shape index (κ2) is 7.57. The van der Waals surface area contributed by atoms with Gasteiger partial charge in [0.05, 0.1) is 4.75 Å². The molecule has 0 amide bonds. The number of hydrogen-bond donors (Lipinski definition) is 0. The molecule has 0 aromatic heterocycles. The summed E-state index contributed by atoms with van der Waals surface area (Å²) in [6, 6.07) is 6.04. The highest BCUT2D eigenvalue weighted by atomic mass is 32.2. The van der Waals surface area contributed by atoms with Gasteiger partial charge in [0, 0.05) is 10.3 Å². The summed E-state index contributed by atoms with van der Waals surface area (Å²) in [5.41, 5.74) is 50.1. The van der Waals surface area contributed by atoms with Crippen LogP contribution in [0.5, 0.6) is 0 Å². The van der Waals surface area contributed by atoms with Crippen molar-refractivity contribution in [2.24, 2.45) is 23.7 Å². The van der Waals surface area contributed by atoms with Crippen LogP contribution in [0.4, 0.5) is 0 Å². The minimum atomic E-state index is 0.0165. The van der Waals surface area contributed by atoms with Crippen LogP contribution in [0.3, 0.4) is 0 Å². The lowest BCUT2D eigenvalue weighted by molar-refractivity contribution is 0.0341. The molecule has 23 aliphatic rings. The van der Waals surface area contributed by atoms with Crippen molar-refractivity contribution in [1.29, 1.82) is 0 Å². The van der Waals surface area contributed by atoms with Gasteiger partial charge in [-0.05, 0) is 374 Å². The van der Waals surface area contributed by atoms with Crippen LogP contribution in [0, 0.1) is 23.7 Å². The van der Waals surface area contributed by atoms with Crippen molar-refractivity contribution in [3.63, 3.8) is 0 Å². The molecular weight excluding hydrogens is 921 g/mol. The predicted octanol–water partition coefficient (Wildman–Crippen LogP) is 16.9. The number of benzene rings is 10. The summed E-state index contributed by atoms with van der Waals surface area (Å²) in [6.07, 6.45) is 2.44. The van der Waals surface area contributed by atoms with Crippen LogP contribution in [0.25, 0.3) is 97.3 Å². The molecule has 0 radical (unpaired) electrons. The van der Waals surface area contributed by atoms with Crippen molar-refractivity contribution >= 4 is 97.9 Å². The lowest BCUT2D eigenvalue weighted by atomic mass is 9.39. The molecule has 1 fully saturated rings. The third-order valence-electron chi connectivity index (χ3n) is 31.8. The summed E-state index contributed by atoms with van der Waals surface area (Å²) in [7, 11) is 0. The van der Waals surface area contributed by atoms with Gasteiger partial charge >= 0.3 is 0 Å². The van der Waals surface area contributed by atoms with E-state index in [1.54, 1.807) is 16.0 Å². The van der Waals surface area contributed by atoms with Crippen LogP contribution < -0.4 is 0 Å². The lowest BCUT2D eigenvalue weighted by Crippen LogP contribution is -2.62. The van der Waals surface area contributed by atoms with E-state index in [1.807, 2.05) is 170 Å². The average molecular weight is 961 g/mol. The van der Waals surface area contributed by atoms with Gasteiger partial charge in [0.2, 0.25) is 0 Å². The highest BCUT2D eigenvalue weighted by Gasteiger charge is 2.89. The summed E-state index contributed by atoms with van der Waals surface area (Å²) < 4.78 is 0.0500. The Balaban J connectivity index is 0.965. The van der Waals surface area contributed by atoms with Gasteiger partial charge in [0.1, 0.15) is 0 Å². The lowest BCUT2D eigenvalue weighted by Gasteiger charge is -2.65.